The van der Waals surface area contributed by atoms with Crippen molar-refractivity contribution >= 4 is 11.9 Å². The van der Waals surface area contributed by atoms with Crippen LogP contribution in [0.3, 0.4) is 0 Å². The van der Waals surface area contributed by atoms with Gasteiger partial charge in [0.1, 0.15) is 18.0 Å². The average molecular weight is 378 g/mol. The van der Waals surface area contributed by atoms with Gasteiger partial charge in [0, 0.05) is 18.4 Å². The molecule has 2 heterocycles. The number of nitrogens with one attached hydrogen (secondary N) is 1. The van der Waals surface area contributed by atoms with Crippen molar-refractivity contribution in [3.63, 3.8) is 0 Å². The number of allylic oxidation sites excluding steroid dienone is 3. The molecule has 0 atom stereocenters. The number of benzene rings is 2. The van der Waals surface area contributed by atoms with E-state index in [1.807, 2.05) is 30.3 Å². The Bertz CT molecular complexity index is 955. The Balaban J connectivity index is 1.58. The number of hydrogen-bond donors (Lipinski definition) is 2. The summed E-state index contributed by atoms with van der Waals surface area (Å²) in [5, 5.41) is 10.3. The number of likely N-dealkylation sites (tertiary alicyclic amines) is 1. The average Bonchev–Trinajstić information content (AvgIpc) is 3.33. The Morgan fingerprint density at radius 3 is 2.75 bits per heavy atom. The van der Waals surface area contributed by atoms with Crippen LogP contribution in [0.1, 0.15) is 34.3 Å². The van der Waals surface area contributed by atoms with Crippen molar-refractivity contribution < 1.29 is 24.3 Å². The van der Waals surface area contributed by atoms with Crippen LogP contribution in [0.25, 0.3) is 6.08 Å². The molecule has 28 heavy (non-hydrogen) atoms. The first-order valence-corrected chi connectivity index (χ1v) is 9.59. The zero-order valence-electron chi connectivity index (χ0n) is 15.9. The molecule has 4 rings (SSSR count). The van der Waals surface area contributed by atoms with Crippen molar-refractivity contribution in [1.29, 1.82) is 0 Å². The molecule has 2 aromatic carbocycles. The quantitative estimate of drug-likeness (QED) is 0.786. The second-order valence-corrected chi connectivity index (χ2v) is 7.14. The molecule has 1 fully saturated rings. The molecule has 0 aliphatic carbocycles. The summed E-state index contributed by atoms with van der Waals surface area (Å²) in [6, 6.07) is 10.9. The van der Waals surface area contributed by atoms with E-state index in [-0.39, 0.29) is 17.3 Å². The van der Waals surface area contributed by atoms with Gasteiger partial charge in [0.15, 0.2) is 11.5 Å². The predicted molar refractivity (Wildman–Crippen MR) is 107 cm³/mol. The number of rotatable bonds is 5. The number of ether oxygens (including phenoxy) is 2. The fraction of sp³-hybridized carbons (Fsp3) is 0.261. The normalized spacial score (nSPS) is 18.0. The molecule has 2 aliphatic heterocycles. The molecule has 0 saturated carbocycles. The number of hydrogen-bond acceptors (Lipinski definition) is 4. The van der Waals surface area contributed by atoms with E-state index < -0.39 is 0 Å². The first kappa shape index (κ1) is 18.3. The van der Waals surface area contributed by atoms with Crippen LogP contribution in [-0.2, 0) is 6.54 Å². The number of methoxy groups -OCH3 is 1. The summed E-state index contributed by atoms with van der Waals surface area (Å²) >= 11 is 0. The van der Waals surface area contributed by atoms with E-state index in [1.165, 1.54) is 17.7 Å². The fourth-order valence-corrected chi connectivity index (χ4v) is 3.83. The summed E-state index contributed by atoms with van der Waals surface area (Å²) in [6.45, 7) is 2.84. The second kappa shape index (κ2) is 7.90. The van der Waals surface area contributed by atoms with Crippen LogP contribution in [-0.4, -0.2) is 31.1 Å². The molecular weight excluding hydrogens is 354 g/mol. The molecule has 0 bridgehead atoms. The number of carbonyl (C=O) groups excluding carboxylic acids is 1. The molecule has 2 aromatic rings. The van der Waals surface area contributed by atoms with E-state index in [4.69, 9.17) is 9.47 Å². The Hall–Kier alpha value is -3.05. The molecule has 0 aromatic heterocycles. The summed E-state index contributed by atoms with van der Waals surface area (Å²) in [7, 11) is 1.63. The van der Waals surface area contributed by atoms with Gasteiger partial charge in [-0.25, -0.2) is 0 Å². The lowest BCUT2D eigenvalue weighted by atomic mass is 10.0. The third-order valence-electron chi connectivity index (χ3n) is 5.32. The molecule has 0 amide bonds. The van der Waals surface area contributed by atoms with Crippen molar-refractivity contribution in [1.82, 2.24) is 0 Å². The Labute approximate surface area is 164 Å². The van der Waals surface area contributed by atoms with E-state index >= 15 is 0 Å². The van der Waals surface area contributed by atoms with Crippen LogP contribution >= 0.6 is 0 Å². The van der Waals surface area contributed by atoms with E-state index in [0.29, 0.717) is 17.9 Å². The van der Waals surface area contributed by atoms with E-state index in [9.17, 15) is 9.90 Å². The van der Waals surface area contributed by atoms with Gasteiger partial charge in [-0.05, 0) is 24.3 Å². The van der Waals surface area contributed by atoms with Crippen molar-refractivity contribution in [2.45, 2.75) is 19.4 Å². The maximum absolute atomic E-state index is 12.7. The van der Waals surface area contributed by atoms with Crippen molar-refractivity contribution in [3.8, 4) is 17.2 Å². The fourth-order valence-electron chi connectivity index (χ4n) is 3.83. The third-order valence-corrected chi connectivity index (χ3v) is 5.32. The molecule has 5 heteroatoms. The number of carbonyl (C=O) groups is 1. The summed E-state index contributed by atoms with van der Waals surface area (Å²) in [4.78, 5) is 14.1. The van der Waals surface area contributed by atoms with Gasteiger partial charge in [-0.15, -0.1) is 0 Å². The molecule has 0 radical (unpaired) electrons. The largest absolute Gasteiger partial charge is 0.507 e. The standard InChI is InChI=1S/C23H23NO4/c1-27-20-9-3-2-7-16(20)8-6-10-21-22(26)17-11-12-19(25)18(23(17)28-21)15-24-13-4-5-14-24/h2-3,6-12,25H,4-5,13-15H2,1H3/p+1/b8-6+,21-10-. The minimum atomic E-state index is -0.155. The number of phenols is 1. The third kappa shape index (κ3) is 3.53. The van der Waals surface area contributed by atoms with Gasteiger partial charge < -0.3 is 19.5 Å². The topological polar surface area (TPSA) is 60.2 Å². The Morgan fingerprint density at radius 2 is 1.96 bits per heavy atom. The van der Waals surface area contributed by atoms with E-state index in [1.54, 1.807) is 31.4 Å². The maximum atomic E-state index is 12.7. The van der Waals surface area contributed by atoms with Gasteiger partial charge in [-0.1, -0.05) is 30.4 Å². The summed E-state index contributed by atoms with van der Waals surface area (Å²) in [6.07, 6.45) is 7.71. The Morgan fingerprint density at radius 1 is 1.18 bits per heavy atom. The van der Waals surface area contributed by atoms with Crippen molar-refractivity contribution in [3.05, 3.63) is 71.0 Å². The molecule has 2 N–H and O–H groups in total. The van der Waals surface area contributed by atoms with Gasteiger partial charge in [0.25, 0.3) is 0 Å². The van der Waals surface area contributed by atoms with Gasteiger partial charge in [0.2, 0.25) is 5.78 Å². The first-order chi connectivity index (χ1) is 13.7. The lowest BCUT2D eigenvalue weighted by molar-refractivity contribution is -0.901. The number of para-hydroxylation sites is 1. The maximum Gasteiger partial charge on any atom is 0.231 e. The Kier molecular flexibility index (Phi) is 5.17. The number of quaternary nitrogens is 1. The molecule has 1 saturated heterocycles. The smallest absolute Gasteiger partial charge is 0.231 e. The van der Waals surface area contributed by atoms with Crippen LogP contribution in [0.15, 0.2) is 54.3 Å². The summed E-state index contributed by atoms with van der Waals surface area (Å²) in [5.41, 5.74) is 2.16. The molecule has 0 unspecified atom stereocenters. The van der Waals surface area contributed by atoms with Crippen LogP contribution in [0.5, 0.6) is 17.2 Å². The first-order valence-electron chi connectivity index (χ1n) is 9.59. The number of ketones is 1. The van der Waals surface area contributed by atoms with E-state index in [2.05, 4.69) is 0 Å². The lowest BCUT2D eigenvalue weighted by Gasteiger charge is -2.15. The zero-order chi connectivity index (χ0) is 19.5. The predicted octanol–water partition coefficient (Wildman–Crippen LogP) is 2.75. The molecule has 2 aliphatic rings. The second-order valence-electron chi connectivity index (χ2n) is 7.14. The highest BCUT2D eigenvalue weighted by atomic mass is 16.5. The SMILES string of the molecule is COc1ccccc1/C=C/C=C1\Oc2c(ccc(O)c2C[NH+]2CCCC2)C1=O. The van der Waals surface area contributed by atoms with Gasteiger partial charge in [-0.3, -0.25) is 4.79 Å². The number of fused-ring (bicyclic) bond motifs is 1. The van der Waals surface area contributed by atoms with Crippen LogP contribution in [0.2, 0.25) is 0 Å². The molecular formula is C23H24NO4+. The van der Waals surface area contributed by atoms with Crippen LogP contribution in [0, 0.1) is 0 Å². The van der Waals surface area contributed by atoms with Crippen molar-refractivity contribution in [2.24, 2.45) is 0 Å². The molecule has 144 valence electrons. The van der Waals surface area contributed by atoms with Gasteiger partial charge in [0.05, 0.1) is 31.3 Å². The van der Waals surface area contributed by atoms with Gasteiger partial charge in [-0.2, -0.15) is 0 Å². The van der Waals surface area contributed by atoms with Crippen LogP contribution < -0.4 is 14.4 Å². The number of Topliss-reactive ketones (excluding diaryl/α,β-unsaturated/α-hetero) is 1. The molecule has 5 nitrogen and oxygen atoms in total. The van der Waals surface area contributed by atoms with Crippen LogP contribution in [0.4, 0.5) is 0 Å². The highest BCUT2D eigenvalue weighted by Gasteiger charge is 2.32. The van der Waals surface area contributed by atoms with Gasteiger partial charge >= 0.3 is 0 Å². The zero-order valence-corrected chi connectivity index (χ0v) is 15.9. The van der Waals surface area contributed by atoms with Crippen molar-refractivity contribution in [2.75, 3.05) is 20.2 Å². The number of aromatic hydroxyl groups is 1. The van der Waals surface area contributed by atoms with E-state index in [0.717, 1.165) is 30.0 Å². The lowest BCUT2D eigenvalue weighted by Crippen LogP contribution is -3.08. The summed E-state index contributed by atoms with van der Waals surface area (Å²) < 4.78 is 11.2. The number of phenolic OH excluding ortho intramolecular Hbond substituents is 1. The summed E-state index contributed by atoms with van der Waals surface area (Å²) in [5.74, 6) is 1.57. The highest BCUT2D eigenvalue weighted by molar-refractivity contribution is 6.12. The molecule has 0 spiro atoms. The highest BCUT2D eigenvalue weighted by Crippen LogP contribution is 2.38. The minimum absolute atomic E-state index is 0.155. The minimum Gasteiger partial charge on any atom is -0.507 e. The monoisotopic (exact) mass is 378 g/mol.